The third kappa shape index (κ3) is 5.58. The molecule has 0 aliphatic carbocycles. The van der Waals surface area contributed by atoms with E-state index in [4.69, 9.17) is 21.1 Å². The molecule has 0 fully saturated rings. The fourth-order valence-corrected chi connectivity index (χ4v) is 6.01. The first kappa shape index (κ1) is 27.4. The molecule has 3 aromatic carbocycles. The van der Waals surface area contributed by atoms with E-state index in [1.54, 1.807) is 67.4 Å². The maximum absolute atomic E-state index is 14.0. The second kappa shape index (κ2) is 11.5. The van der Waals surface area contributed by atoms with Gasteiger partial charge in [0.2, 0.25) is 10.0 Å². The van der Waals surface area contributed by atoms with Gasteiger partial charge in [-0.05, 0) is 76.8 Å². The van der Waals surface area contributed by atoms with Crippen LogP contribution in [0.4, 0.5) is 0 Å². The monoisotopic (exact) mass is 575 g/mol. The molecule has 0 radical (unpaired) electrons. The lowest BCUT2D eigenvalue weighted by molar-refractivity contribution is 0.107. The first-order valence-electron chi connectivity index (χ1n) is 12.3. The summed E-state index contributed by atoms with van der Waals surface area (Å²) in [6.07, 6.45) is 1.72. The Morgan fingerprint density at radius 2 is 1.38 bits per heavy atom. The highest BCUT2D eigenvalue weighted by atomic mass is 35.5. The van der Waals surface area contributed by atoms with Gasteiger partial charge in [-0.2, -0.15) is 9.40 Å². The number of benzene rings is 3. The molecule has 0 aliphatic heterocycles. The van der Waals surface area contributed by atoms with Crippen LogP contribution in [0.1, 0.15) is 21.6 Å². The van der Waals surface area contributed by atoms with Crippen molar-refractivity contribution in [3.63, 3.8) is 0 Å². The van der Waals surface area contributed by atoms with Crippen LogP contribution < -0.4 is 9.47 Å². The second-order valence-electron chi connectivity index (χ2n) is 9.02. The van der Waals surface area contributed by atoms with Crippen molar-refractivity contribution >= 4 is 32.4 Å². The van der Waals surface area contributed by atoms with E-state index >= 15 is 0 Å². The molecule has 0 unspecified atom stereocenters. The van der Waals surface area contributed by atoms with Crippen molar-refractivity contribution in [3.8, 4) is 22.6 Å². The predicted octanol–water partition coefficient (Wildman–Crippen LogP) is 5.79. The van der Waals surface area contributed by atoms with E-state index in [0.717, 1.165) is 11.1 Å². The molecule has 40 heavy (non-hydrogen) atoms. The van der Waals surface area contributed by atoms with Crippen molar-refractivity contribution in [2.75, 3.05) is 14.2 Å². The van der Waals surface area contributed by atoms with Gasteiger partial charge in [-0.3, -0.25) is 4.79 Å². The summed E-state index contributed by atoms with van der Waals surface area (Å²) in [6.45, 7) is 0.304. The molecule has 0 saturated heterocycles. The first-order valence-corrected chi connectivity index (χ1v) is 14.2. The van der Waals surface area contributed by atoms with Crippen LogP contribution in [-0.4, -0.2) is 41.8 Å². The lowest BCUT2D eigenvalue weighted by Crippen LogP contribution is -2.30. The summed E-state index contributed by atoms with van der Waals surface area (Å²) in [5.74, 6) is 1.37. The number of hydrogen-bond acceptors (Lipinski definition) is 6. The number of nitrogens with zero attached hydrogens (tertiary/aromatic N) is 3. The number of methoxy groups -OCH3 is 2. The van der Waals surface area contributed by atoms with Crippen LogP contribution >= 0.6 is 11.6 Å². The maximum Gasteiger partial charge on any atom is 0.273 e. The number of hydrogen-bond donors (Lipinski definition) is 0. The molecule has 5 rings (SSSR count). The zero-order chi connectivity index (χ0) is 28.3. The molecule has 0 saturated carbocycles. The highest BCUT2D eigenvalue weighted by Crippen LogP contribution is 2.31. The Morgan fingerprint density at radius 1 is 0.825 bits per heavy atom. The number of halogens is 1. The molecule has 2 aromatic heterocycles. The van der Waals surface area contributed by atoms with Gasteiger partial charge in [0.15, 0.2) is 5.69 Å². The fraction of sp³-hybridized carbons (Fsp3) is 0.133. The van der Waals surface area contributed by atoms with Gasteiger partial charge in [0.05, 0.1) is 24.6 Å². The van der Waals surface area contributed by atoms with Gasteiger partial charge in [0, 0.05) is 24.8 Å². The number of sulfonamides is 1. The standard InChI is InChI=1S/C30H26ClN3O5S/c1-38-24-12-6-21(7-13-24)19-33(20-22-8-14-25(39-2)15-9-22)40(36,37)26-16-10-23(11-17-26)28-27-5-3-4-18-34(27)32-29(28)30(31)35/h3-18H,19-20H2,1-2H3. The predicted molar refractivity (Wildman–Crippen MR) is 153 cm³/mol. The van der Waals surface area contributed by atoms with Crippen LogP contribution in [-0.2, 0) is 23.1 Å². The lowest BCUT2D eigenvalue weighted by atomic mass is 10.0. The number of ether oxygens (including phenoxy) is 2. The van der Waals surface area contributed by atoms with Crippen LogP contribution in [0.3, 0.4) is 0 Å². The third-order valence-corrected chi connectivity index (χ3v) is 8.53. The van der Waals surface area contributed by atoms with E-state index in [0.29, 0.717) is 28.1 Å². The quantitative estimate of drug-likeness (QED) is 0.196. The molecular weight excluding hydrogens is 550 g/mol. The zero-order valence-electron chi connectivity index (χ0n) is 21.8. The van der Waals surface area contributed by atoms with Gasteiger partial charge >= 0.3 is 0 Å². The molecule has 0 spiro atoms. The average Bonchev–Trinajstić information content (AvgIpc) is 3.38. The Labute approximate surface area is 237 Å². The Bertz CT molecular complexity index is 1700. The number of carbonyl (C=O) groups is 1. The largest absolute Gasteiger partial charge is 0.497 e. The number of aromatic nitrogens is 2. The van der Waals surface area contributed by atoms with Crippen molar-refractivity contribution in [3.05, 3.63) is 114 Å². The van der Waals surface area contributed by atoms with E-state index in [1.165, 1.54) is 16.4 Å². The molecule has 2 heterocycles. The van der Waals surface area contributed by atoms with Crippen LogP contribution in [0.15, 0.2) is 102 Å². The van der Waals surface area contributed by atoms with Crippen LogP contribution in [0.5, 0.6) is 11.5 Å². The molecule has 5 aromatic rings. The normalized spacial score (nSPS) is 11.6. The summed E-state index contributed by atoms with van der Waals surface area (Å²) in [6, 6.07) is 26.4. The van der Waals surface area contributed by atoms with Crippen LogP contribution in [0.2, 0.25) is 0 Å². The van der Waals surface area contributed by atoms with Gasteiger partial charge in [-0.1, -0.05) is 42.5 Å². The number of carbonyl (C=O) groups excluding carboxylic acids is 1. The van der Waals surface area contributed by atoms with E-state index in [9.17, 15) is 13.2 Å². The maximum atomic E-state index is 14.0. The number of rotatable bonds is 10. The Balaban J connectivity index is 1.51. The van der Waals surface area contributed by atoms with Gasteiger partial charge < -0.3 is 9.47 Å². The van der Waals surface area contributed by atoms with Gasteiger partial charge in [0.1, 0.15) is 11.5 Å². The molecular formula is C30H26ClN3O5S. The van der Waals surface area contributed by atoms with E-state index < -0.39 is 15.3 Å². The van der Waals surface area contributed by atoms with Crippen molar-refractivity contribution < 1.29 is 22.7 Å². The zero-order valence-corrected chi connectivity index (χ0v) is 23.4. The van der Waals surface area contributed by atoms with Gasteiger partial charge in [-0.15, -0.1) is 0 Å². The second-order valence-corrected chi connectivity index (χ2v) is 11.3. The minimum Gasteiger partial charge on any atom is -0.497 e. The molecule has 10 heteroatoms. The molecule has 204 valence electrons. The summed E-state index contributed by atoms with van der Waals surface area (Å²) in [7, 11) is -0.763. The SMILES string of the molecule is COc1ccc(CN(Cc2ccc(OC)cc2)S(=O)(=O)c2ccc(-c3c(C(=O)Cl)nn4ccccc34)cc2)cc1. The molecule has 0 aliphatic rings. The summed E-state index contributed by atoms with van der Waals surface area (Å²) in [5.41, 5.74) is 3.57. The topological polar surface area (TPSA) is 90.2 Å². The third-order valence-electron chi connectivity index (χ3n) is 6.54. The molecule has 0 bridgehead atoms. The Hall–Kier alpha value is -4.18. The lowest BCUT2D eigenvalue weighted by Gasteiger charge is -2.23. The van der Waals surface area contributed by atoms with Crippen LogP contribution in [0.25, 0.3) is 16.6 Å². The van der Waals surface area contributed by atoms with E-state index in [-0.39, 0.29) is 23.7 Å². The Morgan fingerprint density at radius 3 is 1.88 bits per heavy atom. The Kier molecular flexibility index (Phi) is 7.88. The van der Waals surface area contributed by atoms with Crippen molar-refractivity contribution in [2.45, 2.75) is 18.0 Å². The van der Waals surface area contributed by atoms with Crippen molar-refractivity contribution in [2.24, 2.45) is 0 Å². The van der Waals surface area contributed by atoms with Crippen LogP contribution in [0, 0.1) is 0 Å². The van der Waals surface area contributed by atoms with Crippen molar-refractivity contribution in [1.29, 1.82) is 0 Å². The first-order chi connectivity index (χ1) is 19.3. The smallest absolute Gasteiger partial charge is 0.273 e. The highest BCUT2D eigenvalue weighted by molar-refractivity contribution is 7.89. The molecule has 0 atom stereocenters. The summed E-state index contributed by atoms with van der Waals surface area (Å²) >= 11 is 5.83. The van der Waals surface area contributed by atoms with E-state index in [1.807, 2.05) is 36.4 Å². The summed E-state index contributed by atoms with van der Waals surface area (Å²) in [4.78, 5) is 12.2. The van der Waals surface area contributed by atoms with Gasteiger partial charge in [-0.25, -0.2) is 12.9 Å². The highest BCUT2D eigenvalue weighted by Gasteiger charge is 2.26. The summed E-state index contributed by atoms with van der Waals surface area (Å²) in [5, 5.41) is 3.60. The minimum absolute atomic E-state index is 0.101. The van der Waals surface area contributed by atoms with Gasteiger partial charge in [0.25, 0.3) is 5.24 Å². The number of fused-ring (bicyclic) bond motifs is 1. The molecule has 0 N–H and O–H groups in total. The summed E-state index contributed by atoms with van der Waals surface area (Å²) < 4.78 is 41.4. The van der Waals surface area contributed by atoms with Crippen molar-refractivity contribution in [1.82, 2.24) is 13.9 Å². The van der Waals surface area contributed by atoms with E-state index in [2.05, 4.69) is 5.10 Å². The molecule has 8 nitrogen and oxygen atoms in total. The molecule has 0 amide bonds. The fourth-order valence-electron chi connectivity index (χ4n) is 4.46. The average molecular weight is 576 g/mol. The number of pyridine rings is 1. The minimum atomic E-state index is -3.93.